The number of hydrogen-bond acceptors (Lipinski definition) is 5. The zero-order valence-corrected chi connectivity index (χ0v) is 19.7. The molecule has 2 aliphatic heterocycles. The Morgan fingerprint density at radius 3 is 2.75 bits per heavy atom. The Hall–Kier alpha value is -2.38. The lowest BCUT2D eigenvalue weighted by Gasteiger charge is -2.36. The predicted molar refractivity (Wildman–Crippen MR) is 122 cm³/mol. The van der Waals surface area contributed by atoms with Gasteiger partial charge in [0.25, 0.3) is 5.91 Å². The van der Waals surface area contributed by atoms with Crippen LogP contribution in [0.3, 0.4) is 0 Å². The first-order valence-corrected chi connectivity index (χ1v) is 11.7. The number of aryl methyl sites for hydroxylation is 2. The average molecular weight is 460 g/mol. The Labute approximate surface area is 193 Å². The van der Waals surface area contributed by atoms with E-state index in [1.54, 1.807) is 10.7 Å². The van der Waals surface area contributed by atoms with E-state index in [4.69, 9.17) is 26.2 Å². The second kappa shape index (κ2) is 9.24. The van der Waals surface area contributed by atoms with E-state index in [0.29, 0.717) is 61.0 Å². The zero-order valence-electron chi connectivity index (χ0n) is 18.9. The lowest BCUT2D eigenvalue weighted by molar-refractivity contribution is 0.0155. The number of ether oxygens (including phenoxy) is 2. The van der Waals surface area contributed by atoms with Crippen molar-refractivity contribution < 1.29 is 19.1 Å². The molecule has 0 unspecified atom stereocenters. The normalized spacial score (nSPS) is 17.6. The van der Waals surface area contributed by atoms with Gasteiger partial charge in [-0.1, -0.05) is 31.5 Å². The fraction of sp³-hybridized carbons (Fsp3) is 0.542. The Morgan fingerprint density at radius 2 is 2.06 bits per heavy atom. The maximum absolute atomic E-state index is 13.1. The second-order valence-electron chi connectivity index (χ2n) is 8.73. The van der Waals surface area contributed by atoms with Crippen molar-refractivity contribution in [1.82, 2.24) is 15.1 Å². The molecule has 3 heterocycles. The van der Waals surface area contributed by atoms with Crippen LogP contribution < -0.4 is 5.32 Å². The van der Waals surface area contributed by atoms with Crippen LogP contribution in [0.25, 0.3) is 5.69 Å². The van der Waals surface area contributed by atoms with E-state index in [2.05, 4.69) is 5.32 Å². The van der Waals surface area contributed by atoms with Crippen LogP contribution in [0.1, 0.15) is 70.8 Å². The predicted octanol–water partition coefficient (Wildman–Crippen LogP) is 4.05. The van der Waals surface area contributed by atoms with Gasteiger partial charge in [0.15, 0.2) is 0 Å². The quantitative estimate of drug-likeness (QED) is 0.682. The van der Waals surface area contributed by atoms with Crippen molar-refractivity contribution in [2.45, 2.75) is 52.9 Å². The van der Waals surface area contributed by atoms with Crippen molar-refractivity contribution in [2.75, 3.05) is 26.4 Å². The third-order valence-corrected chi connectivity index (χ3v) is 6.90. The third kappa shape index (κ3) is 4.04. The van der Waals surface area contributed by atoms with E-state index in [-0.39, 0.29) is 11.3 Å². The molecule has 1 aromatic carbocycles. The minimum atomic E-state index is -0.453. The highest BCUT2D eigenvalue weighted by atomic mass is 35.5. The highest BCUT2D eigenvalue weighted by Gasteiger charge is 2.40. The van der Waals surface area contributed by atoms with Gasteiger partial charge in [0, 0.05) is 19.8 Å². The molecule has 0 radical (unpaired) electrons. The molecule has 1 amide bonds. The van der Waals surface area contributed by atoms with E-state index < -0.39 is 5.97 Å². The van der Waals surface area contributed by atoms with Gasteiger partial charge in [0.2, 0.25) is 0 Å². The maximum atomic E-state index is 13.1. The minimum Gasteiger partial charge on any atom is -0.462 e. The van der Waals surface area contributed by atoms with Gasteiger partial charge >= 0.3 is 5.97 Å². The van der Waals surface area contributed by atoms with E-state index in [1.807, 2.05) is 26.8 Å². The van der Waals surface area contributed by atoms with E-state index >= 15 is 0 Å². The second-order valence-corrected chi connectivity index (χ2v) is 9.11. The van der Waals surface area contributed by atoms with Crippen molar-refractivity contribution >= 4 is 23.5 Å². The Balaban J connectivity index is 1.87. The standard InChI is InChI=1S/C24H30ClN3O4/c1-4-10-32-23(30)16-7-6-15(3)21(20(16)25)28-18-13-24(8-11-31-12-9-24)14-26-22(29)19(18)17(5-2)27-28/h6-7H,4-5,8-14H2,1-3H3,(H,26,29). The topological polar surface area (TPSA) is 82.5 Å². The summed E-state index contributed by atoms with van der Waals surface area (Å²) < 4.78 is 12.7. The molecule has 4 rings (SSSR count). The number of aromatic nitrogens is 2. The van der Waals surface area contributed by atoms with E-state index in [1.165, 1.54) is 0 Å². The molecule has 1 fully saturated rings. The van der Waals surface area contributed by atoms with Crippen LogP contribution in [-0.2, 0) is 22.3 Å². The fourth-order valence-corrected chi connectivity index (χ4v) is 5.01. The van der Waals surface area contributed by atoms with Crippen molar-refractivity contribution in [3.63, 3.8) is 0 Å². The number of nitrogens with one attached hydrogen (secondary N) is 1. The molecule has 2 aliphatic rings. The van der Waals surface area contributed by atoms with Gasteiger partial charge in [-0.2, -0.15) is 5.10 Å². The number of benzene rings is 1. The summed E-state index contributed by atoms with van der Waals surface area (Å²) in [5, 5.41) is 8.25. The van der Waals surface area contributed by atoms with E-state index in [9.17, 15) is 9.59 Å². The lowest BCUT2D eigenvalue weighted by Crippen LogP contribution is -2.40. The monoisotopic (exact) mass is 459 g/mol. The number of hydrogen-bond donors (Lipinski definition) is 1. The molecule has 0 atom stereocenters. The number of carbonyl (C=O) groups excluding carboxylic acids is 2. The Morgan fingerprint density at radius 1 is 1.31 bits per heavy atom. The van der Waals surface area contributed by atoms with Crippen LogP contribution in [0.5, 0.6) is 0 Å². The molecule has 32 heavy (non-hydrogen) atoms. The molecule has 2 aromatic rings. The molecule has 1 spiro atoms. The Bertz CT molecular complexity index is 1040. The van der Waals surface area contributed by atoms with Gasteiger partial charge in [0.05, 0.1) is 39.8 Å². The molecule has 0 aliphatic carbocycles. The maximum Gasteiger partial charge on any atom is 0.339 e. The van der Waals surface area contributed by atoms with Crippen LogP contribution in [0.15, 0.2) is 12.1 Å². The first kappa shape index (κ1) is 22.8. The van der Waals surface area contributed by atoms with Gasteiger partial charge in [0.1, 0.15) is 0 Å². The molecule has 8 heteroatoms. The van der Waals surface area contributed by atoms with Crippen molar-refractivity contribution in [3.05, 3.63) is 45.2 Å². The number of amides is 1. The fourth-order valence-electron chi connectivity index (χ4n) is 4.64. The van der Waals surface area contributed by atoms with Gasteiger partial charge in [-0.25, -0.2) is 9.48 Å². The molecule has 1 N–H and O–H groups in total. The number of halogens is 1. The van der Waals surface area contributed by atoms with Gasteiger partial charge in [-0.3, -0.25) is 4.79 Å². The summed E-state index contributed by atoms with van der Waals surface area (Å²) in [6, 6.07) is 3.54. The summed E-state index contributed by atoms with van der Waals surface area (Å²) >= 11 is 6.79. The summed E-state index contributed by atoms with van der Waals surface area (Å²) in [5.74, 6) is -0.551. The van der Waals surface area contributed by atoms with Crippen LogP contribution in [0.4, 0.5) is 0 Å². The number of nitrogens with zero attached hydrogens (tertiary/aromatic N) is 2. The zero-order chi connectivity index (χ0) is 22.9. The first-order chi connectivity index (χ1) is 15.4. The van der Waals surface area contributed by atoms with Crippen LogP contribution in [0.2, 0.25) is 5.02 Å². The Kier molecular flexibility index (Phi) is 6.58. The number of fused-ring (bicyclic) bond motifs is 1. The van der Waals surface area contributed by atoms with Crippen LogP contribution >= 0.6 is 11.6 Å². The van der Waals surface area contributed by atoms with Gasteiger partial charge in [-0.05, 0) is 56.1 Å². The minimum absolute atomic E-state index is 0.0833. The molecule has 7 nitrogen and oxygen atoms in total. The van der Waals surface area contributed by atoms with Gasteiger partial charge < -0.3 is 14.8 Å². The van der Waals surface area contributed by atoms with Crippen LogP contribution in [0, 0.1) is 12.3 Å². The SMILES string of the molecule is CCCOC(=O)c1ccc(C)c(-n2nc(CC)c3c2CC2(CCOCC2)CNC3=O)c1Cl. The third-order valence-electron chi connectivity index (χ3n) is 6.52. The first-order valence-electron chi connectivity index (χ1n) is 11.3. The molecular weight excluding hydrogens is 430 g/mol. The summed E-state index contributed by atoms with van der Waals surface area (Å²) in [7, 11) is 0. The lowest BCUT2D eigenvalue weighted by atomic mass is 9.76. The highest BCUT2D eigenvalue weighted by Crippen LogP contribution is 2.39. The average Bonchev–Trinajstić information content (AvgIpc) is 3.07. The molecule has 1 saturated heterocycles. The smallest absolute Gasteiger partial charge is 0.339 e. The summed E-state index contributed by atoms with van der Waals surface area (Å²) in [4.78, 5) is 25.7. The summed E-state index contributed by atoms with van der Waals surface area (Å²) in [5.41, 5.74) is 3.94. The van der Waals surface area contributed by atoms with Crippen molar-refractivity contribution in [1.29, 1.82) is 0 Å². The van der Waals surface area contributed by atoms with Crippen molar-refractivity contribution in [2.24, 2.45) is 5.41 Å². The van der Waals surface area contributed by atoms with Crippen molar-refractivity contribution in [3.8, 4) is 5.69 Å². The molecule has 0 bridgehead atoms. The summed E-state index contributed by atoms with van der Waals surface area (Å²) in [6.45, 7) is 8.17. The highest BCUT2D eigenvalue weighted by molar-refractivity contribution is 6.35. The largest absolute Gasteiger partial charge is 0.462 e. The van der Waals surface area contributed by atoms with Gasteiger partial charge in [-0.15, -0.1) is 0 Å². The molecule has 172 valence electrons. The molecular formula is C24H30ClN3O4. The molecule has 1 aromatic heterocycles. The molecule has 0 saturated carbocycles. The van der Waals surface area contributed by atoms with Crippen LogP contribution in [-0.4, -0.2) is 48.0 Å². The van der Waals surface area contributed by atoms with E-state index in [0.717, 1.165) is 36.2 Å². The summed E-state index contributed by atoms with van der Waals surface area (Å²) in [6.07, 6.45) is 3.78. The number of esters is 1. The number of rotatable bonds is 5. The number of carbonyl (C=O) groups is 2.